The maximum Gasteiger partial charge on any atom is 0.246 e. The minimum absolute atomic E-state index is 0.00273. The average Bonchev–Trinajstić information content (AvgIpc) is 3.13. The van der Waals surface area contributed by atoms with Crippen molar-refractivity contribution in [1.82, 2.24) is 4.98 Å². The predicted octanol–water partition coefficient (Wildman–Crippen LogP) is 8.25. The monoisotopic (exact) mass is 685 g/mol. The van der Waals surface area contributed by atoms with Crippen LogP contribution in [0.3, 0.4) is 0 Å². The van der Waals surface area contributed by atoms with Gasteiger partial charge in [-0.1, -0.05) is 55.8 Å². The molecule has 2 aliphatic rings. The summed E-state index contributed by atoms with van der Waals surface area (Å²) < 4.78 is 0. The second kappa shape index (κ2) is 17.4. The number of carbonyl (C=O) groups excluding carboxylic acids is 2. The average molecular weight is 686 g/mol. The molecule has 1 amide bonds. The normalized spacial score (nSPS) is 12.8. The Morgan fingerprint density at radius 3 is 2.20 bits per heavy atom. The van der Waals surface area contributed by atoms with Gasteiger partial charge < -0.3 is 30.4 Å². The Hall–Kier alpha value is -5.52. The van der Waals surface area contributed by atoms with Crippen LogP contribution < -0.4 is 15.1 Å². The number of nitrogens with one attached hydrogen (secondary N) is 2. The number of aldehydes is 1. The number of amides is 1. The molecule has 3 N–H and O–H groups in total. The first kappa shape index (κ1) is 39.9. The fourth-order valence-corrected chi connectivity index (χ4v) is 6.31. The summed E-state index contributed by atoms with van der Waals surface area (Å²) in [6.45, 7) is 13.5. The van der Waals surface area contributed by atoms with E-state index in [1.807, 2.05) is 59.1 Å². The van der Waals surface area contributed by atoms with Crippen LogP contribution in [0, 0.1) is 32.1 Å². The number of aryl methyl sites for hydroxylation is 1. The van der Waals surface area contributed by atoms with Crippen LogP contribution in [0.4, 0.5) is 17.1 Å². The van der Waals surface area contributed by atoms with Gasteiger partial charge >= 0.3 is 0 Å². The summed E-state index contributed by atoms with van der Waals surface area (Å²) in [5.41, 5.74) is 13.1. The number of nitrogens with zero attached hydrogens (tertiary/aromatic N) is 3. The maximum atomic E-state index is 13.4. The highest BCUT2D eigenvalue weighted by Gasteiger charge is 2.37. The number of aromatic nitrogens is 1. The van der Waals surface area contributed by atoms with Crippen molar-refractivity contribution in [3.63, 3.8) is 0 Å². The molecule has 0 spiro atoms. The lowest BCUT2D eigenvalue weighted by Crippen LogP contribution is -2.45. The van der Waals surface area contributed by atoms with Crippen molar-refractivity contribution in [2.24, 2.45) is 0 Å². The molecule has 0 atom stereocenters. The summed E-state index contributed by atoms with van der Waals surface area (Å²) in [7, 11) is 3.67. The Bertz CT molecular complexity index is 1930. The lowest BCUT2D eigenvalue weighted by atomic mass is 9.82. The predicted molar refractivity (Wildman–Crippen MR) is 214 cm³/mol. The zero-order valence-electron chi connectivity index (χ0n) is 31.4. The van der Waals surface area contributed by atoms with Crippen molar-refractivity contribution in [3.8, 4) is 35.2 Å². The molecule has 0 saturated heterocycles. The number of hydrogen-bond acceptors (Lipinski definition) is 7. The summed E-state index contributed by atoms with van der Waals surface area (Å²) in [6.07, 6.45) is 15.2. The van der Waals surface area contributed by atoms with Gasteiger partial charge in [0.2, 0.25) is 5.91 Å². The number of carbonyl (C=O) groups is 2. The number of hydrogen-bond donors (Lipinski definition) is 3. The van der Waals surface area contributed by atoms with E-state index in [0.717, 1.165) is 79.2 Å². The first-order valence-electron chi connectivity index (χ1n) is 17.1. The van der Waals surface area contributed by atoms with Crippen LogP contribution in [-0.2, 0) is 22.4 Å². The topological polar surface area (TPSA) is 110 Å². The van der Waals surface area contributed by atoms with E-state index in [-0.39, 0.29) is 18.9 Å². The molecule has 0 saturated carbocycles. The highest BCUT2D eigenvalue weighted by molar-refractivity contribution is 6.11. The molecule has 266 valence electrons. The summed E-state index contributed by atoms with van der Waals surface area (Å²) in [5, 5.41) is 19.5. The van der Waals surface area contributed by atoms with Gasteiger partial charge in [0.1, 0.15) is 12.8 Å². The van der Waals surface area contributed by atoms with E-state index < -0.39 is 5.60 Å². The molecular formula is C43H51N5O3. The van der Waals surface area contributed by atoms with Crippen molar-refractivity contribution in [2.75, 3.05) is 35.8 Å². The minimum Gasteiger partial charge on any atom is -0.391 e. The molecule has 0 bridgehead atoms. The molecule has 51 heavy (non-hydrogen) atoms. The van der Waals surface area contributed by atoms with Crippen molar-refractivity contribution < 1.29 is 14.7 Å². The van der Waals surface area contributed by atoms with Crippen molar-refractivity contribution in [3.05, 3.63) is 100 Å². The fraction of sp³-hybridized carbons (Fsp3) is 0.302. The number of rotatable bonds is 7. The minimum atomic E-state index is -0.500. The van der Waals surface area contributed by atoms with Gasteiger partial charge in [0.05, 0.1) is 22.7 Å². The molecule has 3 aromatic carbocycles. The second-order valence-electron chi connectivity index (χ2n) is 13.0. The lowest BCUT2D eigenvalue weighted by Gasteiger charge is -2.43. The molecular weight excluding hydrogens is 635 g/mol. The zero-order chi connectivity index (χ0) is 38.0. The van der Waals surface area contributed by atoms with Crippen LogP contribution in [-0.4, -0.2) is 54.7 Å². The van der Waals surface area contributed by atoms with Crippen molar-refractivity contribution in [2.45, 2.75) is 66.9 Å². The van der Waals surface area contributed by atoms with Gasteiger partial charge in [0.25, 0.3) is 0 Å². The van der Waals surface area contributed by atoms with Gasteiger partial charge in [-0.05, 0) is 93.1 Å². The quantitative estimate of drug-likeness (QED) is 0.103. The molecule has 0 unspecified atom stereocenters. The van der Waals surface area contributed by atoms with Gasteiger partial charge in [-0.25, -0.2) is 0 Å². The van der Waals surface area contributed by atoms with Crippen LogP contribution >= 0.6 is 0 Å². The van der Waals surface area contributed by atoms with Crippen LogP contribution in [0.25, 0.3) is 28.1 Å². The van der Waals surface area contributed by atoms with E-state index >= 15 is 0 Å². The Labute approximate surface area is 303 Å². The summed E-state index contributed by atoms with van der Waals surface area (Å²) in [4.78, 5) is 33.8. The smallest absolute Gasteiger partial charge is 0.246 e. The van der Waals surface area contributed by atoms with Gasteiger partial charge in [0, 0.05) is 61.0 Å². The largest absolute Gasteiger partial charge is 0.391 e. The molecule has 0 radical (unpaired) electrons. The van der Waals surface area contributed by atoms with E-state index in [1.165, 1.54) is 11.8 Å². The number of terminal acetylenes is 1. The standard InChI is InChI=1S/C35H33N5O2.C4H10O.C2H6.C2H2/c1-21-5-7-23(8-6-21)33-27(14-16-41)22(2)34-35-28(33)10-12-31(40(35)20-32(42)39(34)4)25-13-15-38-30(18-25)24-9-11-29(37-3)26(17-24)19-36;1-4(2,3)5;2*1-2/h5-9,11-13,15-19,36-37H,10,14,20H2,1-4H3;5H,1-3H3;1-2H3;1-2H. The Kier molecular flexibility index (Phi) is 13.6. The lowest BCUT2D eigenvalue weighted by molar-refractivity contribution is -0.117. The van der Waals surface area contributed by atoms with Gasteiger partial charge in [-0.2, -0.15) is 0 Å². The summed E-state index contributed by atoms with van der Waals surface area (Å²) >= 11 is 0. The molecule has 0 aliphatic carbocycles. The molecule has 4 aromatic rings. The van der Waals surface area contributed by atoms with Crippen LogP contribution in [0.1, 0.15) is 68.0 Å². The number of likely N-dealkylation sites (N-methyl/N-ethyl adjacent to an activating group) is 1. The number of allylic oxidation sites excluding steroid dienone is 1. The number of anilines is 3. The zero-order valence-corrected chi connectivity index (χ0v) is 31.4. The van der Waals surface area contributed by atoms with Crippen molar-refractivity contribution in [1.29, 1.82) is 5.41 Å². The number of pyridine rings is 1. The van der Waals surface area contributed by atoms with Gasteiger partial charge in [-0.3, -0.25) is 9.78 Å². The number of benzene rings is 3. The van der Waals surface area contributed by atoms with Crippen LogP contribution in [0.15, 0.2) is 66.9 Å². The number of aliphatic hydroxyl groups is 1. The Morgan fingerprint density at radius 1 is 0.980 bits per heavy atom. The third-order valence-electron chi connectivity index (χ3n) is 8.44. The maximum absolute atomic E-state index is 13.4. The summed E-state index contributed by atoms with van der Waals surface area (Å²) in [5.74, 6) is -0.00273. The molecule has 8 nitrogen and oxygen atoms in total. The third kappa shape index (κ3) is 8.80. The molecule has 1 aromatic heterocycles. The second-order valence-corrected chi connectivity index (χ2v) is 13.0. The molecule has 6 rings (SSSR count). The van der Waals surface area contributed by atoms with E-state index in [0.29, 0.717) is 6.42 Å². The SMILES string of the molecule is C#C.CC.CC(C)(C)O.CNc1ccc(-c2cc(C3=CCc4c(-c5ccc(C)cc5)c(CC=O)c(C)c5c4N3CC(=O)N5C)ccn2)cc1C=N. The van der Waals surface area contributed by atoms with Gasteiger partial charge in [-0.15, -0.1) is 12.8 Å². The molecule has 0 fully saturated rings. The van der Waals surface area contributed by atoms with Crippen molar-refractivity contribution >= 4 is 41.2 Å². The molecule has 2 aliphatic heterocycles. The van der Waals surface area contributed by atoms with E-state index in [1.54, 1.807) is 31.9 Å². The fourth-order valence-electron chi connectivity index (χ4n) is 6.31. The van der Waals surface area contributed by atoms with Crippen LogP contribution in [0.2, 0.25) is 0 Å². The van der Waals surface area contributed by atoms with E-state index in [2.05, 4.69) is 71.4 Å². The Morgan fingerprint density at radius 2 is 1.61 bits per heavy atom. The van der Waals surface area contributed by atoms with E-state index in [4.69, 9.17) is 10.5 Å². The highest BCUT2D eigenvalue weighted by atomic mass is 16.3. The molecule has 8 heteroatoms. The Balaban J connectivity index is 0.000000709. The first-order chi connectivity index (χ1) is 24.4. The third-order valence-corrected chi connectivity index (χ3v) is 8.44. The van der Waals surface area contributed by atoms with Gasteiger partial charge in [0.15, 0.2) is 0 Å². The first-order valence-corrected chi connectivity index (χ1v) is 17.1. The molecule has 3 heterocycles. The highest BCUT2D eigenvalue weighted by Crippen LogP contribution is 2.51. The summed E-state index contributed by atoms with van der Waals surface area (Å²) in [6, 6.07) is 18.4. The van der Waals surface area contributed by atoms with E-state index in [9.17, 15) is 9.59 Å². The van der Waals surface area contributed by atoms with Crippen LogP contribution in [0.5, 0.6) is 0 Å².